The molecule has 0 unspecified atom stereocenters. The molecule has 1 aromatic carbocycles. The Morgan fingerprint density at radius 1 is 1.25 bits per heavy atom. The standard InChI is InChI=1S/C14H16N4O2/c1-3-17(11-7-5-4-6-8-11)14-12(18(19)20)9-10-13(15-2)16-14/h4-10H,3H2,1-2H3,(H,15,16). The molecule has 6 heteroatoms. The lowest BCUT2D eigenvalue weighted by Crippen LogP contribution is -2.19. The predicted octanol–water partition coefficient (Wildman–Crippen LogP) is 3.19. The Morgan fingerprint density at radius 2 is 1.95 bits per heavy atom. The number of anilines is 3. The van der Waals surface area contributed by atoms with Gasteiger partial charge in [-0.25, -0.2) is 4.98 Å². The van der Waals surface area contributed by atoms with Crippen molar-refractivity contribution in [3.63, 3.8) is 0 Å². The fraction of sp³-hybridized carbons (Fsp3) is 0.214. The van der Waals surface area contributed by atoms with E-state index in [-0.39, 0.29) is 5.69 Å². The Balaban J connectivity index is 2.55. The average Bonchev–Trinajstić information content (AvgIpc) is 2.48. The van der Waals surface area contributed by atoms with Crippen molar-refractivity contribution in [3.05, 3.63) is 52.6 Å². The molecule has 6 nitrogen and oxygen atoms in total. The lowest BCUT2D eigenvalue weighted by molar-refractivity contribution is -0.384. The van der Waals surface area contributed by atoms with Gasteiger partial charge in [-0.2, -0.15) is 0 Å². The van der Waals surface area contributed by atoms with Gasteiger partial charge in [0.25, 0.3) is 0 Å². The zero-order valence-electron chi connectivity index (χ0n) is 11.4. The number of benzene rings is 1. The molecule has 0 radical (unpaired) electrons. The lowest BCUT2D eigenvalue weighted by atomic mass is 10.2. The van der Waals surface area contributed by atoms with Crippen LogP contribution in [0.1, 0.15) is 6.92 Å². The zero-order valence-corrected chi connectivity index (χ0v) is 11.4. The summed E-state index contributed by atoms with van der Waals surface area (Å²) >= 11 is 0. The highest BCUT2D eigenvalue weighted by molar-refractivity contribution is 5.70. The summed E-state index contributed by atoms with van der Waals surface area (Å²) in [6.07, 6.45) is 0. The first-order chi connectivity index (χ1) is 9.67. The molecule has 2 aromatic rings. The fourth-order valence-electron chi connectivity index (χ4n) is 1.98. The monoisotopic (exact) mass is 272 g/mol. The highest BCUT2D eigenvalue weighted by atomic mass is 16.6. The van der Waals surface area contributed by atoms with E-state index in [9.17, 15) is 10.1 Å². The van der Waals surface area contributed by atoms with Crippen molar-refractivity contribution in [2.45, 2.75) is 6.92 Å². The van der Waals surface area contributed by atoms with Crippen LogP contribution in [0.4, 0.5) is 23.0 Å². The van der Waals surface area contributed by atoms with E-state index in [2.05, 4.69) is 10.3 Å². The first-order valence-electron chi connectivity index (χ1n) is 6.33. The van der Waals surface area contributed by atoms with Gasteiger partial charge in [-0.05, 0) is 25.1 Å². The minimum Gasteiger partial charge on any atom is -0.373 e. The van der Waals surface area contributed by atoms with Crippen LogP contribution in [0.25, 0.3) is 0 Å². The number of pyridine rings is 1. The summed E-state index contributed by atoms with van der Waals surface area (Å²) in [4.78, 5) is 16.9. The average molecular weight is 272 g/mol. The van der Waals surface area contributed by atoms with Crippen LogP contribution in [-0.2, 0) is 0 Å². The third-order valence-electron chi connectivity index (χ3n) is 2.95. The maximum atomic E-state index is 11.2. The Bertz CT molecular complexity index is 601. The second kappa shape index (κ2) is 6.01. The maximum Gasteiger partial charge on any atom is 0.312 e. The number of nitrogens with one attached hydrogen (secondary N) is 1. The predicted molar refractivity (Wildman–Crippen MR) is 79.6 cm³/mol. The van der Waals surface area contributed by atoms with Gasteiger partial charge in [-0.1, -0.05) is 18.2 Å². The van der Waals surface area contributed by atoms with Crippen molar-refractivity contribution in [1.29, 1.82) is 0 Å². The molecule has 0 saturated heterocycles. The number of hydrogen-bond donors (Lipinski definition) is 1. The SMILES string of the molecule is CCN(c1ccccc1)c1nc(NC)ccc1[N+](=O)[O-]. The number of para-hydroxylation sites is 1. The van der Waals surface area contributed by atoms with E-state index in [0.717, 1.165) is 5.69 Å². The van der Waals surface area contributed by atoms with Crippen LogP contribution >= 0.6 is 0 Å². The maximum absolute atomic E-state index is 11.2. The largest absolute Gasteiger partial charge is 0.373 e. The Kier molecular flexibility index (Phi) is 4.14. The van der Waals surface area contributed by atoms with Gasteiger partial charge in [-0.3, -0.25) is 10.1 Å². The zero-order chi connectivity index (χ0) is 14.5. The summed E-state index contributed by atoms with van der Waals surface area (Å²) < 4.78 is 0. The summed E-state index contributed by atoms with van der Waals surface area (Å²) in [6.45, 7) is 2.52. The molecule has 0 spiro atoms. The highest BCUT2D eigenvalue weighted by Crippen LogP contribution is 2.32. The second-order valence-corrected chi connectivity index (χ2v) is 4.13. The Hall–Kier alpha value is -2.63. The van der Waals surface area contributed by atoms with E-state index in [4.69, 9.17) is 0 Å². The fourth-order valence-corrected chi connectivity index (χ4v) is 1.98. The quantitative estimate of drug-likeness (QED) is 0.668. The van der Waals surface area contributed by atoms with Gasteiger partial charge < -0.3 is 10.2 Å². The smallest absolute Gasteiger partial charge is 0.312 e. The molecular formula is C14H16N4O2. The van der Waals surface area contributed by atoms with Crippen LogP contribution in [0.3, 0.4) is 0 Å². The third kappa shape index (κ3) is 2.69. The van der Waals surface area contributed by atoms with Crippen molar-refractivity contribution in [2.75, 3.05) is 23.8 Å². The number of nitro groups is 1. The number of hydrogen-bond acceptors (Lipinski definition) is 5. The molecular weight excluding hydrogens is 256 g/mol. The first-order valence-corrected chi connectivity index (χ1v) is 6.33. The van der Waals surface area contributed by atoms with Gasteiger partial charge in [0.2, 0.25) is 5.82 Å². The molecule has 2 rings (SSSR count). The van der Waals surface area contributed by atoms with Gasteiger partial charge in [0.15, 0.2) is 0 Å². The number of rotatable bonds is 5. The molecule has 0 saturated carbocycles. The number of aromatic nitrogens is 1. The van der Waals surface area contributed by atoms with E-state index in [0.29, 0.717) is 18.2 Å². The van der Waals surface area contributed by atoms with Crippen molar-refractivity contribution in [1.82, 2.24) is 4.98 Å². The van der Waals surface area contributed by atoms with Crippen molar-refractivity contribution < 1.29 is 4.92 Å². The van der Waals surface area contributed by atoms with E-state index in [1.54, 1.807) is 13.1 Å². The second-order valence-electron chi connectivity index (χ2n) is 4.13. The Morgan fingerprint density at radius 3 is 2.50 bits per heavy atom. The van der Waals surface area contributed by atoms with Gasteiger partial charge in [0, 0.05) is 25.3 Å². The van der Waals surface area contributed by atoms with Crippen LogP contribution in [0, 0.1) is 10.1 Å². The normalized spacial score (nSPS) is 10.1. The van der Waals surface area contributed by atoms with E-state index >= 15 is 0 Å². The van der Waals surface area contributed by atoms with Crippen molar-refractivity contribution >= 4 is 23.0 Å². The van der Waals surface area contributed by atoms with Crippen molar-refractivity contribution in [2.24, 2.45) is 0 Å². The molecule has 0 fully saturated rings. The van der Waals surface area contributed by atoms with Crippen LogP contribution in [0.5, 0.6) is 0 Å². The molecule has 1 aromatic heterocycles. The van der Waals surface area contributed by atoms with Gasteiger partial charge in [-0.15, -0.1) is 0 Å². The van der Waals surface area contributed by atoms with Crippen molar-refractivity contribution in [3.8, 4) is 0 Å². The molecule has 1 heterocycles. The third-order valence-corrected chi connectivity index (χ3v) is 2.95. The minimum absolute atomic E-state index is 0.00490. The van der Waals surface area contributed by atoms with E-state index in [1.807, 2.05) is 42.2 Å². The first kappa shape index (κ1) is 13.8. The molecule has 0 atom stereocenters. The minimum atomic E-state index is -0.409. The van der Waals surface area contributed by atoms with Crippen LogP contribution < -0.4 is 10.2 Å². The van der Waals surface area contributed by atoms with Crippen LogP contribution in [0.15, 0.2) is 42.5 Å². The van der Waals surface area contributed by atoms with Crippen LogP contribution in [-0.4, -0.2) is 23.5 Å². The van der Waals surface area contributed by atoms with Gasteiger partial charge in [0.1, 0.15) is 5.82 Å². The summed E-state index contributed by atoms with van der Waals surface area (Å²) in [6, 6.07) is 12.6. The molecule has 0 aliphatic carbocycles. The van der Waals surface area contributed by atoms with Crippen LogP contribution in [0.2, 0.25) is 0 Å². The van der Waals surface area contributed by atoms with Gasteiger partial charge >= 0.3 is 5.69 Å². The molecule has 1 N–H and O–H groups in total. The van der Waals surface area contributed by atoms with E-state index in [1.165, 1.54) is 6.07 Å². The summed E-state index contributed by atoms with van der Waals surface area (Å²) in [5.74, 6) is 0.940. The summed E-state index contributed by atoms with van der Waals surface area (Å²) in [5.41, 5.74) is 0.869. The summed E-state index contributed by atoms with van der Waals surface area (Å²) in [7, 11) is 1.73. The summed E-state index contributed by atoms with van der Waals surface area (Å²) in [5, 5.41) is 14.1. The highest BCUT2D eigenvalue weighted by Gasteiger charge is 2.21. The van der Waals surface area contributed by atoms with E-state index < -0.39 is 4.92 Å². The van der Waals surface area contributed by atoms with Gasteiger partial charge in [0.05, 0.1) is 4.92 Å². The number of nitrogens with zero attached hydrogens (tertiary/aromatic N) is 3. The Labute approximate surface area is 117 Å². The molecule has 0 amide bonds. The lowest BCUT2D eigenvalue weighted by Gasteiger charge is -2.22. The molecule has 0 bridgehead atoms. The molecule has 0 aliphatic heterocycles. The topological polar surface area (TPSA) is 71.3 Å². The molecule has 20 heavy (non-hydrogen) atoms. The molecule has 104 valence electrons. The molecule has 0 aliphatic rings.